The average Bonchev–Trinajstić information content (AvgIpc) is 2.79. The molecule has 1 aliphatic heterocycles. The van der Waals surface area contributed by atoms with Crippen LogP contribution >= 0.6 is 0 Å². The van der Waals surface area contributed by atoms with Gasteiger partial charge in [0.05, 0.1) is 31.1 Å². The summed E-state index contributed by atoms with van der Waals surface area (Å²) in [7, 11) is -3.96. The maximum atomic E-state index is 12.8. The van der Waals surface area contributed by atoms with Crippen LogP contribution in [0, 0.1) is 0 Å². The summed E-state index contributed by atoms with van der Waals surface area (Å²) in [6.07, 6.45) is 0. The molecule has 1 amide bonds. The van der Waals surface area contributed by atoms with Crippen LogP contribution in [0.15, 0.2) is 29.2 Å². The van der Waals surface area contributed by atoms with E-state index in [4.69, 9.17) is 5.14 Å². The predicted molar refractivity (Wildman–Crippen MR) is 135 cm³/mol. The number of rotatable bonds is 10. The van der Waals surface area contributed by atoms with Crippen LogP contribution in [-0.4, -0.2) is 146 Å². The van der Waals surface area contributed by atoms with Crippen molar-refractivity contribution in [1.29, 1.82) is 0 Å². The SMILES string of the molecule is NS(=O)(=O)c1cccc(NC(=O)CN2CCN(CC(=O)O)CCN(CC(=O)O)CCN(CC(=O)O)CC2)c1. The minimum absolute atomic E-state index is 0.118. The van der Waals surface area contributed by atoms with E-state index < -0.39 is 33.8 Å². The molecule has 16 heteroatoms. The molecule has 1 saturated heterocycles. The molecule has 0 aromatic heterocycles. The summed E-state index contributed by atoms with van der Waals surface area (Å²) < 4.78 is 23.2. The number of carboxylic acids is 3. The van der Waals surface area contributed by atoms with Crippen LogP contribution in [0.1, 0.15) is 0 Å². The second-order valence-corrected chi connectivity index (χ2v) is 10.5. The van der Waals surface area contributed by atoms with Gasteiger partial charge >= 0.3 is 17.9 Å². The molecule has 6 N–H and O–H groups in total. The summed E-state index contributed by atoms with van der Waals surface area (Å²) in [5, 5.41) is 35.6. The lowest BCUT2D eigenvalue weighted by atomic mass is 10.3. The lowest BCUT2D eigenvalue weighted by Crippen LogP contribution is -2.49. The number of nitrogens with zero attached hydrogens (tertiary/aromatic N) is 4. The van der Waals surface area contributed by atoms with Crippen LogP contribution in [0.3, 0.4) is 0 Å². The number of aliphatic carboxylic acids is 3. The van der Waals surface area contributed by atoms with Gasteiger partial charge in [-0.05, 0) is 18.2 Å². The third-order valence-electron chi connectivity index (χ3n) is 5.82. The molecule has 2 rings (SSSR count). The first-order valence-electron chi connectivity index (χ1n) is 11.8. The number of primary sulfonamides is 1. The van der Waals surface area contributed by atoms with Crippen LogP contribution < -0.4 is 10.5 Å². The molecule has 38 heavy (non-hydrogen) atoms. The molecule has 15 nitrogen and oxygen atoms in total. The molecule has 212 valence electrons. The number of nitrogens with one attached hydrogen (secondary N) is 1. The molecule has 1 aromatic carbocycles. The van der Waals surface area contributed by atoms with E-state index in [0.717, 1.165) is 0 Å². The fourth-order valence-electron chi connectivity index (χ4n) is 3.94. The molecule has 1 heterocycles. The topological polar surface area (TPSA) is 214 Å². The monoisotopic (exact) mass is 558 g/mol. The zero-order valence-electron chi connectivity index (χ0n) is 20.9. The van der Waals surface area contributed by atoms with Crippen molar-refractivity contribution in [2.75, 3.05) is 83.9 Å². The minimum atomic E-state index is -3.96. The molecule has 1 aromatic rings. The van der Waals surface area contributed by atoms with Crippen molar-refractivity contribution in [1.82, 2.24) is 19.6 Å². The van der Waals surface area contributed by atoms with Gasteiger partial charge in [0.1, 0.15) is 0 Å². The van der Waals surface area contributed by atoms with E-state index in [-0.39, 0.29) is 89.1 Å². The molecule has 0 spiro atoms. The number of nitrogens with two attached hydrogens (primary N) is 1. The molecule has 0 aliphatic carbocycles. The number of anilines is 1. The maximum Gasteiger partial charge on any atom is 0.317 e. The molecule has 0 bridgehead atoms. The highest BCUT2D eigenvalue weighted by atomic mass is 32.2. The number of carboxylic acid groups (broad SMARTS) is 3. The van der Waals surface area contributed by atoms with E-state index in [2.05, 4.69) is 5.32 Å². The zero-order chi connectivity index (χ0) is 28.3. The highest BCUT2D eigenvalue weighted by molar-refractivity contribution is 7.89. The number of hydrogen-bond donors (Lipinski definition) is 5. The average molecular weight is 559 g/mol. The molecule has 1 fully saturated rings. The molecular weight excluding hydrogens is 524 g/mol. The van der Waals surface area contributed by atoms with Crippen molar-refractivity contribution < 1.29 is 42.9 Å². The number of sulfonamides is 1. The van der Waals surface area contributed by atoms with Crippen LogP contribution in [0.5, 0.6) is 0 Å². The van der Waals surface area contributed by atoms with Gasteiger partial charge in [-0.2, -0.15) is 0 Å². The third-order valence-corrected chi connectivity index (χ3v) is 6.73. The summed E-state index contributed by atoms with van der Waals surface area (Å²) in [5.41, 5.74) is 0.231. The van der Waals surface area contributed by atoms with Gasteiger partial charge in [0, 0.05) is 58.0 Å². The molecule has 0 atom stereocenters. The van der Waals surface area contributed by atoms with Gasteiger partial charge in [0.25, 0.3) is 0 Å². The Kier molecular flexibility index (Phi) is 12.0. The molecule has 1 aliphatic rings. The molecular formula is C22H34N6O9S. The summed E-state index contributed by atoms with van der Waals surface area (Å²) in [6.45, 7) is 1.21. The number of carbonyl (C=O) groups is 4. The Balaban J connectivity index is 2.16. The Labute approximate surface area is 220 Å². The largest absolute Gasteiger partial charge is 0.480 e. The second kappa shape index (κ2) is 14.7. The first-order valence-corrected chi connectivity index (χ1v) is 13.3. The van der Waals surface area contributed by atoms with Crippen LogP contribution in [0.25, 0.3) is 0 Å². The third kappa shape index (κ3) is 11.9. The lowest BCUT2D eigenvalue weighted by Gasteiger charge is -2.32. The summed E-state index contributed by atoms with van der Waals surface area (Å²) in [6, 6.07) is 5.48. The van der Waals surface area contributed by atoms with Crippen molar-refractivity contribution in [3.05, 3.63) is 24.3 Å². The quantitative estimate of drug-likeness (QED) is 0.205. The summed E-state index contributed by atoms with van der Waals surface area (Å²) in [4.78, 5) is 53.3. The fraction of sp³-hybridized carbons (Fsp3) is 0.545. The van der Waals surface area contributed by atoms with Crippen LogP contribution in [-0.2, 0) is 29.2 Å². The Morgan fingerprint density at radius 1 is 0.711 bits per heavy atom. The van der Waals surface area contributed by atoms with Crippen molar-refractivity contribution in [2.45, 2.75) is 4.90 Å². The van der Waals surface area contributed by atoms with E-state index in [0.29, 0.717) is 0 Å². The Hall–Kier alpha value is -3.15. The number of benzene rings is 1. The Bertz CT molecular complexity index is 1070. The molecule has 0 saturated carbocycles. The standard InChI is InChI=1S/C22H34N6O9S/c23-38(36,37)18-3-1-2-17(12-18)24-19(29)13-25-4-6-26(14-20(30)31)8-10-28(16-22(34)35)11-9-27(7-5-25)15-21(32)33/h1-3,12H,4-11,13-16H2,(H,24,29)(H,30,31)(H,32,33)(H,34,35)(H2,23,36,37). The maximum absolute atomic E-state index is 12.8. The van der Waals surface area contributed by atoms with Gasteiger partial charge in [-0.15, -0.1) is 0 Å². The smallest absolute Gasteiger partial charge is 0.317 e. The van der Waals surface area contributed by atoms with Gasteiger partial charge in [-0.1, -0.05) is 6.07 Å². The summed E-state index contributed by atoms with van der Waals surface area (Å²) in [5.74, 6) is -3.59. The van der Waals surface area contributed by atoms with E-state index in [1.807, 2.05) is 0 Å². The second-order valence-electron chi connectivity index (χ2n) is 8.91. The fourth-order valence-corrected chi connectivity index (χ4v) is 4.50. The number of amides is 1. The Morgan fingerprint density at radius 2 is 1.08 bits per heavy atom. The predicted octanol–water partition coefficient (Wildman–Crippen LogP) is -2.25. The first kappa shape index (κ1) is 31.1. The van der Waals surface area contributed by atoms with E-state index in [9.17, 15) is 42.9 Å². The normalized spacial score (nSPS) is 17.7. The number of hydrogen-bond acceptors (Lipinski definition) is 10. The van der Waals surface area contributed by atoms with E-state index in [1.165, 1.54) is 24.3 Å². The lowest BCUT2D eigenvalue weighted by molar-refractivity contribution is -0.140. The zero-order valence-corrected chi connectivity index (χ0v) is 21.7. The van der Waals surface area contributed by atoms with E-state index >= 15 is 0 Å². The van der Waals surface area contributed by atoms with Gasteiger partial charge < -0.3 is 20.6 Å². The molecule has 0 unspecified atom stereocenters. The van der Waals surface area contributed by atoms with Crippen molar-refractivity contribution in [3.63, 3.8) is 0 Å². The minimum Gasteiger partial charge on any atom is -0.480 e. The Morgan fingerprint density at radius 3 is 1.42 bits per heavy atom. The first-order chi connectivity index (χ1) is 17.8. The van der Waals surface area contributed by atoms with Gasteiger partial charge in [0.15, 0.2) is 0 Å². The highest BCUT2D eigenvalue weighted by Crippen LogP contribution is 2.14. The number of carbonyl (C=O) groups excluding carboxylic acids is 1. The summed E-state index contributed by atoms with van der Waals surface area (Å²) >= 11 is 0. The van der Waals surface area contributed by atoms with Gasteiger partial charge in [-0.25, -0.2) is 13.6 Å². The van der Waals surface area contributed by atoms with Crippen LogP contribution in [0.2, 0.25) is 0 Å². The van der Waals surface area contributed by atoms with Gasteiger partial charge in [-0.3, -0.25) is 38.8 Å². The highest BCUT2D eigenvalue weighted by Gasteiger charge is 2.21. The van der Waals surface area contributed by atoms with Crippen molar-refractivity contribution in [2.24, 2.45) is 5.14 Å². The van der Waals surface area contributed by atoms with Crippen molar-refractivity contribution >= 4 is 39.5 Å². The van der Waals surface area contributed by atoms with Crippen molar-refractivity contribution in [3.8, 4) is 0 Å². The van der Waals surface area contributed by atoms with Crippen LogP contribution in [0.4, 0.5) is 5.69 Å². The molecule has 0 radical (unpaired) electrons. The van der Waals surface area contributed by atoms with Gasteiger partial charge in [0.2, 0.25) is 15.9 Å². The van der Waals surface area contributed by atoms with E-state index in [1.54, 1.807) is 19.6 Å².